The van der Waals surface area contributed by atoms with E-state index in [1.54, 1.807) is 37.5 Å². The van der Waals surface area contributed by atoms with Gasteiger partial charge >= 0.3 is 0 Å². The summed E-state index contributed by atoms with van der Waals surface area (Å²) in [6.07, 6.45) is 1.71. The van der Waals surface area contributed by atoms with Gasteiger partial charge in [0, 0.05) is 5.56 Å². The van der Waals surface area contributed by atoms with Gasteiger partial charge in [-0.05, 0) is 34.6 Å². The van der Waals surface area contributed by atoms with Crippen molar-refractivity contribution in [1.29, 1.82) is 0 Å². The van der Waals surface area contributed by atoms with Crippen LogP contribution in [0.1, 0.15) is 5.56 Å². The molecule has 3 aromatic rings. The van der Waals surface area contributed by atoms with Crippen LogP contribution in [-0.4, -0.2) is 45.0 Å². The van der Waals surface area contributed by atoms with Crippen LogP contribution in [0.3, 0.4) is 0 Å². The highest BCUT2D eigenvalue weighted by atomic mass is 32.2. The summed E-state index contributed by atoms with van der Waals surface area (Å²) >= 11 is 6.44. The van der Waals surface area contributed by atoms with Gasteiger partial charge in [0.05, 0.1) is 17.7 Å². The van der Waals surface area contributed by atoms with Crippen molar-refractivity contribution in [1.82, 2.24) is 15.2 Å². The quantitative estimate of drug-likeness (QED) is 0.491. The molecule has 1 aromatic heterocycles. The molecule has 1 saturated heterocycles. The van der Waals surface area contributed by atoms with Crippen molar-refractivity contribution >= 4 is 62.9 Å². The van der Waals surface area contributed by atoms with Crippen LogP contribution in [0.4, 0.5) is 5.69 Å². The van der Waals surface area contributed by atoms with Crippen LogP contribution in [0.5, 0.6) is 5.75 Å². The van der Waals surface area contributed by atoms with E-state index in [0.717, 1.165) is 17.3 Å². The van der Waals surface area contributed by atoms with E-state index in [1.165, 1.54) is 4.90 Å². The summed E-state index contributed by atoms with van der Waals surface area (Å²) in [5.41, 5.74) is 2.16. The molecule has 10 heteroatoms. The monoisotopic (exact) mass is 426 g/mol. The molecule has 0 radical (unpaired) electrons. The Morgan fingerprint density at radius 3 is 2.93 bits per heavy atom. The predicted molar refractivity (Wildman–Crippen MR) is 113 cm³/mol. The Morgan fingerprint density at radius 2 is 2.10 bits per heavy atom. The third-order valence-electron chi connectivity index (χ3n) is 4.16. The number of aromatic nitrogens is 2. The number of fused-ring (bicyclic) bond motifs is 1. The number of anilines is 1. The molecule has 1 N–H and O–H groups in total. The first kappa shape index (κ1) is 19.1. The largest absolute Gasteiger partial charge is 0.496 e. The Morgan fingerprint density at radius 1 is 1.28 bits per heavy atom. The maximum atomic E-state index is 12.8. The van der Waals surface area contributed by atoms with Gasteiger partial charge in [-0.1, -0.05) is 48.2 Å². The predicted octanol–water partition coefficient (Wildman–Crippen LogP) is 3.07. The van der Waals surface area contributed by atoms with Gasteiger partial charge in [0.2, 0.25) is 5.91 Å². The Bertz CT molecular complexity index is 1160. The molecule has 0 spiro atoms. The van der Waals surface area contributed by atoms with Crippen LogP contribution in [0, 0.1) is 0 Å². The number of rotatable bonds is 5. The Hall–Kier alpha value is -3.24. The maximum Gasteiger partial charge on any atom is 0.266 e. The number of benzene rings is 2. The second kappa shape index (κ2) is 8.02. The molecule has 1 aliphatic rings. The normalized spacial score (nSPS) is 15.3. The van der Waals surface area contributed by atoms with E-state index >= 15 is 0 Å². The standard InChI is InChI=1S/C19H14N4O4S2/c1-26-14-8-3-2-5-11(14)9-15-18(25)23(19(28)29-15)10-16(24)20-12-6-4-7-13-17(12)22-27-21-13/h2-9H,10H2,1H3,(H,20,24)/b15-9-. The van der Waals surface area contributed by atoms with E-state index in [2.05, 4.69) is 20.3 Å². The van der Waals surface area contributed by atoms with E-state index in [1.807, 2.05) is 18.2 Å². The molecular weight excluding hydrogens is 412 g/mol. The lowest BCUT2D eigenvalue weighted by atomic mass is 10.2. The third kappa shape index (κ3) is 3.84. The first-order valence-electron chi connectivity index (χ1n) is 8.46. The molecule has 2 aromatic carbocycles. The SMILES string of the molecule is COc1ccccc1/C=C1\SC(=S)N(CC(=O)Nc2cccc3nonc23)C1=O. The zero-order chi connectivity index (χ0) is 20.4. The van der Waals surface area contributed by atoms with Crippen molar-refractivity contribution in [2.24, 2.45) is 0 Å². The molecule has 0 atom stereocenters. The molecule has 0 bridgehead atoms. The van der Waals surface area contributed by atoms with Gasteiger partial charge < -0.3 is 10.1 Å². The smallest absolute Gasteiger partial charge is 0.266 e. The number of para-hydroxylation sites is 1. The number of methoxy groups -OCH3 is 1. The van der Waals surface area contributed by atoms with Gasteiger partial charge in [-0.3, -0.25) is 14.5 Å². The Labute approximate surface area is 174 Å². The van der Waals surface area contributed by atoms with E-state index < -0.39 is 5.91 Å². The lowest BCUT2D eigenvalue weighted by Crippen LogP contribution is -2.36. The maximum absolute atomic E-state index is 12.8. The molecule has 8 nitrogen and oxygen atoms in total. The molecule has 0 saturated carbocycles. The Kier molecular flexibility index (Phi) is 5.28. The molecule has 0 aliphatic carbocycles. The zero-order valence-corrected chi connectivity index (χ0v) is 16.8. The number of hydrogen-bond acceptors (Lipinski definition) is 8. The van der Waals surface area contributed by atoms with Crippen LogP contribution in [0.15, 0.2) is 52.0 Å². The first-order valence-corrected chi connectivity index (χ1v) is 9.69. The van der Waals surface area contributed by atoms with Crippen molar-refractivity contribution in [2.45, 2.75) is 0 Å². The Balaban J connectivity index is 1.50. The highest BCUT2D eigenvalue weighted by molar-refractivity contribution is 8.26. The number of nitrogens with zero attached hydrogens (tertiary/aromatic N) is 3. The minimum absolute atomic E-state index is 0.213. The van der Waals surface area contributed by atoms with Crippen molar-refractivity contribution in [3.05, 3.63) is 52.9 Å². The molecule has 2 amide bonds. The molecule has 1 aliphatic heterocycles. The summed E-state index contributed by atoms with van der Waals surface area (Å²) in [5.74, 6) is -0.0949. The summed E-state index contributed by atoms with van der Waals surface area (Å²) in [5, 5.41) is 10.2. The molecular formula is C19H14N4O4S2. The van der Waals surface area contributed by atoms with E-state index in [-0.39, 0.29) is 12.5 Å². The van der Waals surface area contributed by atoms with Crippen LogP contribution < -0.4 is 10.1 Å². The molecule has 1 fully saturated rings. The second-order valence-electron chi connectivity index (χ2n) is 6.00. The van der Waals surface area contributed by atoms with Gasteiger partial charge in [0.15, 0.2) is 5.52 Å². The van der Waals surface area contributed by atoms with E-state index in [9.17, 15) is 9.59 Å². The van der Waals surface area contributed by atoms with Gasteiger partial charge in [-0.25, -0.2) is 4.63 Å². The molecule has 4 rings (SSSR count). The third-order valence-corrected chi connectivity index (χ3v) is 5.54. The van der Waals surface area contributed by atoms with Gasteiger partial charge in [-0.15, -0.1) is 0 Å². The topological polar surface area (TPSA) is 97.6 Å². The fourth-order valence-electron chi connectivity index (χ4n) is 2.80. The summed E-state index contributed by atoms with van der Waals surface area (Å²) < 4.78 is 10.3. The highest BCUT2D eigenvalue weighted by Gasteiger charge is 2.33. The van der Waals surface area contributed by atoms with Crippen molar-refractivity contribution in [3.8, 4) is 5.75 Å². The average Bonchev–Trinajstić information content (AvgIpc) is 3.30. The average molecular weight is 426 g/mol. The number of carbonyl (C=O) groups is 2. The van der Waals surface area contributed by atoms with Crippen LogP contribution in [0.2, 0.25) is 0 Å². The number of nitrogens with one attached hydrogen (secondary N) is 1. The minimum Gasteiger partial charge on any atom is -0.496 e. The number of hydrogen-bond donors (Lipinski definition) is 1. The lowest BCUT2D eigenvalue weighted by Gasteiger charge is -2.14. The van der Waals surface area contributed by atoms with E-state index in [0.29, 0.717) is 31.7 Å². The van der Waals surface area contributed by atoms with Crippen LogP contribution >= 0.6 is 24.0 Å². The van der Waals surface area contributed by atoms with Gasteiger partial charge in [0.1, 0.15) is 22.1 Å². The van der Waals surface area contributed by atoms with Crippen LogP contribution in [0.25, 0.3) is 17.1 Å². The highest BCUT2D eigenvalue weighted by Crippen LogP contribution is 2.34. The second-order valence-corrected chi connectivity index (χ2v) is 7.67. The number of ether oxygens (including phenoxy) is 1. The molecule has 0 unspecified atom stereocenters. The van der Waals surface area contributed by atoms with Crippen LogP contribution in [-0.2, 0) is 9.59 Å². The van der Waals surface area contributed by atoms with Gasteiger partial charge in [0.25, 0.3) is 5.91 Å². The summed E-state index contributed by atoms with van der Waals surface area (Å²) in [6.45, 7) is -0.213. The number of carbonyl (C=O) groups excluding carboxylic acids is 2. The van der Waals surface area contributed by atoms with Crippen molar-refractivity contribution in [3.63, 3.8) is 0 Å². The van der Waals surface area contributed by atoms with Crippen molar-refractivity contribution < 1.29 is 19.0 Å². The summed E-state index contributed by atoms with van der Waals surface area (Å²) in [6, 6.07) is 12.4. The van der Waals surface area contributed by atoms with Crippen molar-refractivity contribution in [2.75, 3.05) is 19.0 Å². The summed E-state index contributed by atoms with van der Waals surface area (Å²) in [4.78, 5) is 27.0. The fraction of sp³-hybridized carbons (Fsp3) is 0.105. The summed E-state index contributed by atoms with van der Waals surface area (Å²) in [7, 11) is 1.56. The number of thioether (sulfide) groups is 1. The molecule has 146 valence electrons. The fourth-order valence-corrected chi connectivity index (χ4v) is 4.05. The zero-order valence-electron chi connectivity index (χ0n) is 15.1. The molecule has 29 heavy (non-hydrogen) atoms. The first-order chi connectivity index (χ1) is 14.1. The molecule has 2 heterocycles. The minimum atomic E-state index is -0.407. The number of amides is 2. The number of thiocarbonyl (C=S) groups is 1. The van der Waals surface area contributed by atoms with E-state index in [4.69, 9.17) is 17.0 Å². The van der Waals surface area contributed by atoms with Gasteiger partial charge in [-0.2, -0.15) is 0 Å². The lowest BCUT2D eigenvalue weighted by molar-refractivity contribution is -0.126.